The van der Waals surface area contributed by atoms with E-state index in [0.29, 0.717) is 31.2 Å². The van der Waals surface area contributed by atoms with Gasteiger partial charge >= 0.3 is 0 Å². The van der Waals surface area contributed by atoms with Gasteiger partial charge < -0.3 is 0 Å². The van der Waals surface area contributed by atoms with E-state index in [2.05, 4.69) is 6.07 Å². The van der Waals surface area contributed by atoms with Crippen LogP contribution >= 0.6 is 22.9 Å². The quantitative estimate of drug-likeness (QED) is 0.816. The first-order chi connectivity index (χ1) is 11.5. The van der Waals surface area contributed by atoms with Crippen molar-refractivity contribution in [3.63, 3.8) is 0 Å². The summed E-state index contributed by atoms with van der Waals surface area (Å²) in [6.45, 7) is 1.80. The number of halogens is 1. The summed E-state index contributed by atoms with van der Waals surface area (Å²) in [6, 6.07) is 12.1. The van der Waals surface area contributed by atoms with Gasteiger partial charge in [-0.15, -0.1) is 11.3 Å². The number of rotatable bonds is 4. The Morgan fingerprint density at radius 3 is 2.33 bits per heavy atom. The zero-order chi connectivity index (χ0) is 17.2. The molecule has 2 aromatic rings. The summed E-state index contributed by atoms with van der Waals surface area (Å²) in [4.78, 5) is 3.27. The van der Waals surface area contributed by atoms with Gasteiger partial charge in [-0.1, -0.05) is 17.7 Å². The molecule has 1 saturated heterocycles. The largest absolute Gasteiger partial charge is 0.281 e. The van der Waals surface area contributed by atoms with Crippen molar-refractivity contribution >= 4 is 33.0 Å². The lowest BCUT2D eigenvalue weighted by atomic mass is 10.2. The minimum Gasteiger partial charge on any atom is -0.281 e. The summed E-state index contributed by atoms with van der Waals surface area (Å²) in [7, 11) is -3.52. The van der Waals surface area contributed by atoms with Crippen molar-refractivity contribution in [3.8, 4) is 6.07 Å². The smallest absolute Gasteiger partial charge is 0.243 e. The summed E-state index contributed by atoms with van der Waals surface area (Å²) >= 11 is 7.37. The van der Waals surface area contributed by atoms with E-state index < -0.39 is 10.0 Å². The number of hydrogen-bond acceptors (Lipinski definition) is 5. The predicted octanol–water partition coefficient (Wildman–Crippen LogP) is 2.97. The minimum atomic E-state index is -3.52. The highest BCUT2D eigenvalue weighted by Crippen LogP contribution is 2.27. The van der Waals surface area contributed by atoms with Crippen molar-refractivity contribution in [2.75, 3.05) is 26.2 Å². The maximum absolute atomic E-state index is 12.7. The number of nitriles is 1. The molecule has 5 nitrogen and oxygen atoms in total. The van der Waals surface area contributed by atoms with Crippen LogP contribution in [-0.4, -0.2) is 43.8 Å². The third-order valence-electron chi connectivity index (χ3n) is 4.02. The Morgan fingerprint density at radius 2 is 1.79 bits per heavy atom. The predicted molar refractivity (Wildman–Crippen MR) is 94.5 cm³/mol. The van der Waals surface area contributed by atoms with E-state index >= 15 is 0 Å². The van der Waals surface area contributed by atoms with Crippen LogP contribution in [0.2, 0.25) is 5.02 Å². The fourth-order valence-corrected chi connectivity index (χ4v) is 5.08. The highest BCUT2D eigenvalue weighted by molar-refractivity contribution is 7.89. The lowest BCUT2D eigenvalue weighted by molar-refractivity contribution is 0.164. The number of sulfonamides is 1. The topological polar surface area (TPSA) is 64.4 Å². The number of thiophene rings is 1. The maximum Gasteiger partial charge on any atom is 0.243 e. The minimum absolute atomic E-state index is 0.246. The van der Waals surface area contributed by atoms with E-state index in [1.54, 1.807) is 23.5 Å². The third-order valence-corrected chi connectivity index (χ3v) is 7.11. The molecule has 1 unspecified atom stereocenters. The molecular weight excluding hydrogens is 366 g/mol. The molecule has 0 spiro atoms. The Morgan fingerprint density at radius 1 is 1.12 bits per heavy atom. The van der Waals surface area contributed by atoms with E-state index in [4.69, 9.17) is 11.6 Å². The average Bonchev–Trinajstić information content (AvgIpc) is 3.11. The Hall–Kier alpha value is -1.43. The molecule has 1 aromatic carbocycles. The SMILES string of the molecule is N#CC(c1cccs1)N1CCN(S(=O)(=O)c2ccc(Cl)cc2)CC1. The molecule has 0 amide bonds. The first kappa shape index (κ1) is 17.4. The van der Waals surface area contributed by atoms with Crippen LogP contribution in [0.4, 0.5) is 0 Å². The molecule has 1 aliphatic rings. The highest BCUT2D eigenvalue weighted by atomic mass is 35.5. The summed E-state index contributed by atoms with van der Waals surface area (Å²) in [5.41, 5.74) is 0. The van der Waals surface area contributed by atoms with Gasteiger partial charge in [-0.2, -0.15) is 9.57 Å². The summed E-state index contributed by atoms with van der Waals surface area (Å²) in [6.07, 6.45) is 0. The zero-order valence-electron chi connectivity index (χ0n) is 12.8. The molecule has 1 aromatic heterocycles. The van der Waals surface area contributed by atoms with E-state index in [1.165, 1.54) is 16.4 Å². The van der Waals surface area contributed by atoms with E-state index in [-0.39, 0.29) is 10.9 Å². The molecule has 1 atom stereocenters. The molecule has 24 heavy (non-hydrogen) atoms. The fourth-order valence-electron chi connectivity index (χ4n) is 2.73. The van der Waals surface area contributed by atoms with Gasteiger partial charge in [0.1, 0.15) is 6.04 Å². The zero-order valence-corrected chi connectivity index (χ0v) is 15.2. The normalized spacial score (nSPS) is 18.2. The Labute approximate surface area is 150 Å². The maximum atomic E-state index is 12.7. The molecule has 0 N–H and O–H groups in total. The molecule has 0 aliphatic carbocycles. The van der Waals surface area contributed by atoms with E-state index in [0.717, 1.165) is 4.88 Å². The lowest BCUT2D eigenvalue weighted by Crippen LogP contribution is -2.49. The summed E-state index contributed by atoms with van der Waals surface area (Å²) < 4.78 is 26.8. The lowest BCUT2D eigenvalue weighted by Gasteiger charge is -2.35. The molecule has 3 rings (SSSR count). The molecule has 0 radical (unpaired) electrons. The van der Waals surface area contributed by atoms with E-state index in [1.807, 2.05) is 22.4 Å². The van der Waals surface area contributed by atoms with Gasteiger partial charge in [0.05, 0.1) is 11.0 Å². The third kappa shape index (κ3) is 3.48. The van der Waals surface area contributed by atoms with Gasteiger partial charge in [0.15, 0.2) is 0 Å². The van der Waals surface area contributed by atoms with Crippen LogP contribution in [0.15, 0.2) is 46.7 Å². The summed E-state index contributed by atoms with van der Waals surface area (Å²) in [5.74, 6) is 0. The molecule has 1 fully saturated rings. The van der Waals surface area contributed by atoms with E-state index in [9.17, 15) is 13.7 Å². The highest BCUT2D eigenvalue weighted by Gasteiger charge is 2.31. The second-order valence-corrected chi connectivity index (χ2v) is 8.79. The Bertz CT molecular complexity index is 821. The molecule has 2 heterocycles. The van der Waals surface area contributed by atoms with Crippen molar-refractivity contribution in [1.29, 1.82) is 5.26 Å². The number of benzene rings is 1. The van der Waals surface area contributed by atoms with Gasteiger partial charge in [-0.25, -0.2) is 8.42 Å². The first-order valence-corrected chi connectivity index (χ1v) is 10.1. The fraction of sp³-hybridized carbons (Fsp3) is 0.312. The summed E-state index contributed by atoms with van der Waals surface area (Å²) in [5, 5.41) is 11.9. The van der Waals surface area contributed by atoms with Gasteiger partial charge in [-0.3, -0.25) is 4.90 Å². The molecule has 1 aliphatic heterocycles. The van der Waals surface area contributed by atoms with Crippen LogP contribution in [-0.2, 0) is 10.0 Å². The van der Waals surface area contributed by atoms with Crippen LogP contribution < -0.4 is 0 Å². The van der Waals surface area contributed by atoms with Crippen molar-refractivity contribution in [1.82, 2.24) is 9.21 Å². The standard InChI is InChI=1S/C16H16ClN3O2S2/c17-13-3-5-14(6-4-13)24(21,22)20-9-7-19(8-10-20)15(12-18)16-2-1-11-23-16/h1-6,11,15H,7-10H2. The molecule has 0 saturated carbocycles. The second kappa shape index (κ2) is 7.21. The Balaban J connectivity index is 1.70. The molecule has 0 bridgehead atoms. The van der Waals surface area contributed by atoms with Crippen molar-refractivity contribution < 1.29 is 8.42 Å². The van der Waals surface area contributed by atoms with Gasteiger partial charge in [0.25, 0.3) is 0 Å². The molecular formula is C16H16ClN3O2S2. The molecule has 126 valence electrons. The number of hydrogen-bond donors (Lipinski definition) is 0. The van der Waals surface area contributed by atoms with Crippen molar-refractivity contribution in [2.24, 2.45) is 0 Å². The average molecular weight is 382 g/mol. The first-order valence-electron chi connectivity index (χ1n) is 7.45. The Kier molecular flexibility index (Phi) is 5.23. The van der Waals surface area contributed by atoms with Crippen LogP contribution in [0, 0.1) is 11.3 Å². The molecule has 8 heteroatoms. The number of nitrogens with zero attached hydrogens (tertiary/aromatic N) is 3. The van der Waals surface area contributed by atoms with Crippen LogP contribution in [0.25, 0.3) is 0 Å². The van der Waals surface area contributed by atoms with Gasteiger partial charge in [0.2, 0.25) is 10.0 Å². The van der Waals surface area contributed by atoms with Crippen LogP contribution in [0.3, 0.4) is 0 Å². The van der Waals surface area contributed by atoms with Crippen molar-refractivity contribution in [3.05, 3.63) is 51.7 Å². The second-order valence-electron chi connectivity index (χ2n) is 5.44. The van der Waals surface area contributed by atoms with Crippen LogP contribution in [0.5, 0.6) is 0 Å². The number of piperazine rings is 1. The van der Waals surface area contributed by atoms with Gasteiger partial charge in [0, 0.05) is 36.1 Å². The van der Waals surface area contributed by atoms with Crippen molar-refractivity contribution in [2.45, 2.75) is 10.9 Å². The van der Waals surface area contributed by atoms with Crippen LogP contribution in [0.1, 0.15) is 10.9 Å². The van der Waals surface area contributed by atoms with Gasteiger partial charge in [-0.05, 0) is 35.7 Å². The monoisotopic (exact) mass is 381 g/mol.